The lowest BCUT2D eigenvalue weighted by atomic mass is 10.1. The molecule has 0 amide bonds. The Labute approximate surface area is 118 Å². The van der Waals surface area contributed by atoms with Crippen LogP contribution in [0.2, 0.25) is 0 Å². The molecule has 0 aliphatic carbocycles. The van der Waals surface area contributed by atoms with Crippen LogP contribution in [0.4, 0.5) is 0 Å². The van der Waals surface area contributed by atoms with Gasteiger partial charge in [0, 0.05) is 17.6 Å². The molecule has 0 radical (unpaired) electrons. The summed E-state index contributed by atoms with van der Waals surface area (Å²) in [4.78, 5) is 2.29. The molecule has 0 saturated heterocycles. The molecule has 4 heteroatoms. The maximum absolute atomic E-state index is 4.33. The van der Waals surface area contributed by atoms with E-state index in [0.29, 0.717) is 0 Å². The number of aromatic nitrogens is 1. The van der Waals surface area contributed by atoms with Crippen molar-refractivity contribution in [1.82, 2.24) is 4.57 Å². The molecule has 1 aromatic heterocycles. The Kier molecular flexibility index (Phi) is 4.32. The molecule has 0 aliphatic heterocycles. The van der Waals surface area contributed by atoms with E-state index in [-0.39, 0.29) is 0 Å². The molecule has 0 N–H and O–H groups in total. The third-order valence-corrected chi connectivity index (χ3v) is 4.07. The molecule has 1 aromatic carbocycles. The molecule has 100 valence electrons. The molecule has 0 bridgehead atoms. The number of hydrogen-bond donors (Lipinski definition) is 0. The van der Waals surface area contributed by atoms with Crippen LogP contribution in [-0.4, -0.2) is 10.3 Å². The number of hydrogen-bond acceptors (Lipinski definition) is 3. The first kappa shape index (κ1) is 13.7. The largest absolute Gasteiger partial charge is 0.318 e. The molecular formula is C15H19N3S. The summed E-state index contributed by atoms with van der Waals surface area (Å²) in [6.45, 7) is 6.09. The topological polar surface area (TPSA) is 29.6 Å². The number of benzene rings is 1. The quantitative estimate of drug-likeness (QED) is 0.604. The minimum atomic E-state index is 0.942. The summed E-state index contributed by atoms with van der Waals surface area (Å²) in [6.07, 6.45) is 1.01. The molecule has 19 heavy (non-hydrogen) atoms. The van der Waals surface area contributed by atoms with E-state index in [1.807, 2.05) is 19.9 Å². The Balaban J connectivity index is 2.62. The Bertz CT molecular complexity index is 644. The van der Waals surface area contributed by atoms with E-state index in [0.717, 1.165) is 16.9 Å². The van der Waals surface area contributed by atoms with Crippen LogP contribution in [0, 0.1) is 0 Å². The van der Waals surface area contributed by atoms with Crippen molar-refractivity contribution in [2.75, 3.05) is 0 Å². The molecule has 3 nitrogen and oxygen atoms in total. The van der Waals surface area contributed by atoms with Crippen molar-refractivity contribution >= 4 is 17.0 Å². The third kappa shape index (κ3) is 3.01. The lowest BCUT2D eigenvalue weighted by molar-refractivity contribution is 0.857. The predicted octanol–water partition coefficient (Wildman–Crippen LogP) is 3.61. The lowest BCUT2D eigenvalue weighted by Crippen LogP contribution is -2.11. The van der Waals surface area contributed by atoms with Crippen LogP contribution in [0.15, 0.2) is 40.5 Å². The van der Waals surface area contributed by atoms with E-state index in [4.69, 9.17) is 0 Å². The highest BCUT2D eigenvalue weighted by molar-refractivity contribution is 7.09. The Morgan fingerprint density at radius 2 is 1.89 bits per heavy atom. The van der Waals surface area contributed by atoms with Gasteiger partial charge in [0.2, 0.25) is 4.80 Å². The first-order valence-electron chi connectivity index (χ1n) is 6.42. The van der Waals surface area contributed by atoms with E-state index < -0.39 is 0 Å². The van der Waals surface area contributed by atoms with Gasteiger partial charge in [0.15, 0.2) is 0 Å². The van der Waals surface area contributed by atoms with Gasteiger partial charge in [-0.15, -0.1) is 5.10 Å². The van der Waals surface area contributed by atoms with E-state index >= 15 is 0 Å². The molecule has 0 unspecified atom stereocenters. The summed E-state index contributed by atoms with van der Waals surface area (Å²) in [5.41, 5.74) is 3.44. The van der Waals surface area contributed by atoms with Crippen molar-refractivity contribution in [2.24, 2.45) is 17.3 Å². The fraction of sp³-hybridized carbons (Fsp3) is 0.333. The molecular weight excluding hydrogens is 254 g/mol. The Morgan fingerprint density at radius 1 is 1.21 bits per heavy atom. The summed E-state index contributed by atoms with van der Waals surface area (Å²) in [5, 5.41) is 8.50. The molecule has 0 fully saturated rings. The minimum absolute atomic E-state index is 0.942. The molecule has 0 spiro atoms. The zero-order valence-corrected chi connectivity index (χ0v) is 12.7. The van der Waals surface area contributed by atoms with Crippen molar-refractivity contribution in [3.63, 3.8) is 0 Å². The number of nitrogens with zero attached hydrogens (tertiary/aromatic N) is 3. The van der Waals surface area contributed by atoms with Crippen LogP contribution in [0.3, 0.4) is 0 Å². The number of thiazole rings is 1. The molecule has 1 heterocycles. The van der Waals surface area contributed by atoms with E-state index in [1.54, 1.807) is 11.3 Å². The second-order valence-electron chi connectivity index (χ2n) is 4.58. The molecule has 2 aromatic rings. The fourth-order valence-electron chi connectivity index (χ4n) is 1.93. The Morgan fingerprint density at radius 3 is 2.47 bits per heavy atom. The second kappa shape index (κ2) is 5.97. The third-order valence-electron chi connectivity index (χ3n) is 2.80. The van der Waals surface area contributed by atoms with Gasteiger partial charge in [-0.25, -0.2) is 0 Å². The number of aryl methyl sites for hydroxylation is 1. The van der Waals surface area contributed by atoms with Gasteiger partial charge in [-0.05, 0) is 25.8 Å². The molecule has 0 aliphatic rings. The zero-order chi connectivity index (χ0) is 13.8. The highest BCUT2D eigenvalue weighted by atomic mass is 32.1. The van der Waals surface area contributed by atoms with E-state index in [2.05, 4.69) is 53.0 Å². The smallest absolute Gasteiger partial charge is 0.211 e. The highest BCUT2D eigenvalue weighted by Crippen LogP contribution is 2.25. The van der Waals surface area contributed by atoms with Crippen LogP contribution in [0.25, 0.3) is 11.3 Å². The fourth-order valence-corrected chi connectivity index (χ4v) is 2.96. The second-order valence-corrected chi connectivity index (χ2v) is 5.64. The van der Waals surface area contributed by atoms with E-state index in [9.17, 15) is 0 Å². The average molecular weight is 273 g/mol. The lowest BCUT2D eigenvalue weighted by Gasteiger charge is -2.05. The van der Waals surface area contributed by atoms with Gasteiger partial charge in [0.25, 0.3) is 0 Å². The van der Waals surface area contributed by atoms with Gasteiger partial charge in [0.05, 0.1) is 5.69 Å². The minimum Gasteiger partial charge on any atom is -0.318 e. The zero-order valence-electron chi connectivity index (χ0n) is 11.8. The van der Waals surface area contributed by atoms with Gasteiger partial charge in [-0.3, -0.25) is 0 Å². The molecule has 0 saturated carbocycles. The molecule has 0 atom stereocenters. The normalized spacial score (nSPS) is 11.7. The van der Waals surface area contributed by atoms with Gasteiger partial charge >= 0.3 is 0 Å². The van der Waals surface area contributed by atoms with Gasteiger partial charge in [-0.1, -0.05) is 48.6 Å². The maximum atomic E-state index is 4.33. The molecule has 2 rings (SSSR count). The summed E-state index contributed by atoms with van der Waals surface area (Å²) in [6, 6.07) is 10.4. The average Bonchev–Trinajstić information content (AvgIpc) is 2.74. The van der Waals surface area contributed by atoms with Gasteiger partial charge in [0.1, 0.15) is 0 Å². The van der Waals surface area contributed by atoms with Crippen LogP contribution < -0.4 is 4.80 Å². The summed E-state index contributed by atoms with van der Waals surface area (Å²) >= 11 is 1.71. The van der Waals surface area contributed by atoms with Crippen molar-refractivity contribution in [1.29, 1.82) is 0 Å². The Hall–Kier alpha value is -1.68. The van der Waals surface area contributed by atoms with Crippen molar-refractivity contribution in [3.05, 3.63) is 40.0 Å². The van der Waals surface area contributed by atoms with E-state index in [1.165, 1.54) is 16.1 Å². The van der Waals surface area contributed by atoms with Crippen LogP contribution in [-0.2, 0) is 13.5 Å². The number of rotatable bonds is 3. The van der Waals surface area contributed by atoms with Gasteiger partial charge < -0.3 is 4.57 Å². The van der Waals surface area contributed by atoms with Crippen LogP contribution in [0.5, 0.6) is 0 Å². The summed E-state index contributed by atoms with van der Waals surface area (Å²) in [5.74, 6) is 0. The van der Waals surface area contributed by atoms with Crippen molar-refractivity contribution in [3.8, 4) is 11.3 Å². The first-order valence-corrected chi connectivity index (χ1v) is 7.24. The van der Waals surface area contributed by atoms with Gasteiger partial charge in [-0.2, -0.15) is 5.10 Å². The highest BCUT2D eigenvalue weighted by Gasteiger charge is 2.11. The summed E-state index contributed by atoms with van der Waals surface area (Å²) < 4.78 is 2.13. The van der Waals surface area contributed by atoms with Crippen LogP contribution >= 0.6 is 11.3 Å². The predicted molar refractivity (Wildman–Crippen MR) is 82.5 cm³/mol. The van der Waals surface area contributed by atoms with Crippen molar-refractivity contribution in [2.45, 2.75) is 27.2 Å². The summed E-state index contributed by atoms with van der Waals surface area (Å²) in [7, 11) is 2.05. The SMILES string of the molecule is CCc1s/c(=N\N=C(C)C)n(C)c1-c1ccccc1. The van der Waals surface area contributed by atoms with Crippen LogP contribution in [0.1, 0.15) is 25.6 Å². The monoisotopic (exact) mass is 273 g/mol. The van der Waals surface area contributed by atoms with Crippen molar-refractivity contribution < 1.29 is 0 Å². The standard InChI is InChI=1S/C15H19N3S/c1-5-13-14(12-9-7-6-8-10-12)18(4)15(19-13)17-16-11(2)3/h6-10H,5H2,1-4H3/b17-15-. The first-order chi connectivity index (χ1) is 9.13. The maximum Gasteiger partial charge on any atom is 0.211 e.